The third-order valence-corrected chi connectivity index (χ3v) is 4.60. The summed E-state index contributed by atoms with van der Waals surface area (Å²) in [6.45, 7) is 4.14. The first kappa shape index (κ1) is 20.7. The fourth-order valence-electron chi connectivity index (χ4n) is 2.97. The number of carbonyl (C=O) groups excluding carboxylic acids is 1. The number of amides is 1. The molecule has 0 saturated carbocycles. The van der Waals surface area contributed by atoms with Crippen LogP contribution < -0.4 is 10.1 Å². The average molecular weight is 367 g/mol. The van der Waals surface area contributed by atoms with Gasteiger partial charge in [0.2, 0.25) is 5.91 Å². The summed E-state index contributed by atoms with van der Waals surface area (Å²) in [5, 5.41) is 3.09. The molecule has 0 saturated heterocycles. The van der Waals surface area contributed by atoms with Crippen molar-refractivity contribution < 1.29 is 9.53 Å². The number of hydrogen-bond acceptors (Lipinski definition) is 3. The molecule has 2 aromatic rings. The van der Waals surface area contributed by atoms with Gasteiger partial charge in [-0.1, -0.05) is 24.3 Å². The van der Waals surface area contributed by atoms with Crippen LogP contribution in [-0.4, -0.2) is 24.0 Å². The third kappa shape index (κ3) is 7.65. The van der Waals surface area contributed by atoms with E-state index in [1.807, 2.05) is 36.5 Å². The molecule has 1 amide bonds. The van der Waals surface area contributed by atoms with E-state index in [4.69, 9.17) is 4.74 Å². The topological polar surface area (TPSA) is 51.2 Å². The summed E-state index contributed by atoms with van der Waals surface area (Å²) >= 11 is 0. The highest BCUT2D eigenvalue weighted by Crippen LogP contribution is 2.18. The number of nitrogens with one attached hydrogen (secondary N) is 1. The van der Waals surface area contributed by atoms with E-state index in [1.54, 1.807) is 13.3 Å². The van der Waals surface area contributed by atoms with Gasteiger partial charge in [-0.3, -0.25) is 9.78 Å². The molecule has 27 heavy (non-hydrogen) atoms. The van der Waals surface area contributed by atoms with Gasteiger partial charge in [0.1, 0.15) is 5.75 Å². The molecule has 144 valence electrons. The second-order valence-electron chi connectivity index (χ2n) is 6.88. The number of hydrogen-bond donors (Lipinski definition) is 1. The summed E-state index contributed by atoms with van der Waals surface area (Å²) in [4.78, 5) is 16.2. The molecular weight excluding hydrogens is 336 g/mol. The van der Waals surface area contributed by atoms with Gasteiger partial charge < -0.3 is 10.1 Å². The fraction of sp³-hybridized carbons (Fsp3) is 0.391. The highest BCUT2D eigenvalue weighted by Gasteiger charge is 2.07. The molecule has 0 fully saturated rings. The van der Waals surface area contributed by atoms with E-state index in [0.29, 0.717) is 6.42 Å². The molecule has 0 spiro atoms. The Labute approximate surface area is 162 Å². The SMILES string of the molecule is COc1ccc(/C(C)=C/CCC(=O)N[C@H](C)CCCc2cccnc2)cc1. The van der Waals surface area contributed by atoms with Crippen molar-refractivity contribution in [1.29, 1.82) is 0 Å². The minimum atomic E-state index is 0.114. The van der Waals surface area contributed by atoms with Gasteiger partial charge >= 0.3 is 0 Å². The van der Waals surface area contributed by atoms with Crippen LogP contribution in [0.1, 0.15) is 50.7 Å². The molecule has 1 N–H and O–H groups in total. The molecule has 0 radical (unpaired) electrons. The van der Waals surface area contributed by atoms with Gasteiger partial charge in [-0.25, -0.2) is 0 Å². The van der Waals surface area contributed by atoms with Crippen LogP contribution in [0.2, 0.25) is 0 Å². The first-order valence-electron chi connectivity index (χ1n) is 9.58. The molecule has 0 aliphatic heterocycles. The van der Waals surface area contributed by atoms with Gasteiger partial charge in [-0.2, -0.15) is 0 Å². The number of rotatable bonds is 10. The molecule has 1 atom stereocenters. The third-order valence-electron chi connectivity index (χ3n) is 4.60. The minimum absolute atomic E-state index is 0.114. The lowest BCUT2D eigenvalue weighted by molar-refractivity contribution is -0.121. The van der Waals surface area contributed by atoms with Crippen LogP contribution in [0.4, 0.5) is 0 Å². The zero-order chi connectivity index (χ0) is 19.5. The lowest BCUT2D eigenvalue weighted by atomic mass is 10.1. The Morgan fingerprint density at radius 1 is 1.26 bits per heavy atom. The van der Waals surface area contributed by atoms with Gasteiger partial charge in [0.15, 0.2) is 0 Å². The van der Waals surface area contributed by atoms with Crippen molar-refractivity contribution in [2.45, 2.75) is 52.0 Å². The van der Waals surface area contributed by atoms with Crippen molar-refractivity contribution in [3.05, 3.63) is 66.0 Å². The Kier molecular flexibility index (Phi) is 8.56. The molecule has 0 aliphatic rings. The number of nitrogens with zero attached hydrogens (tertiary/aromatic N) is 1. The van der Waals surface area contributed by atoms with Crippen LogP contribution in [0.15, 0.2) is 54.9 Å². The second-order valence-corrected chi connectivity index (χ2v) is 6.88. The second kappa shape index (κ2) is 11.2. The number of carbonyl (C=O) groups is 1. The molecule has 2 rings (SSSR count). The summed E-state index contributed by atoms with van der Waals surface area (Å²) in [5.74, 6) is 0.964. The average Bonchev–Trinajstić information content (AvgIpc) is 2.68. The normalized spacial score (nSPS) is 12.5. The van der Waals surface area contributed by atoms with E-state index in [9.17, 15) is 4.79 Å². The molecule has 1 aromatic carbocycles. The maximum absolute atomic E-state index is 12.1. The molecule has 0 unspecified atom stereocenters. The Hall–Kier alpha value is -2.62. The van der Waals surface area contributed by atoms with Crippen molar-refractivity contribution in [2.24, 2.45) is 0 Å². The Morgan fingerprint density at radius 3 is 2.70 bits per heavy atom. The van der Waals surface area contributed by atoms with Crippen molar-refractivity contribution >= 4 is 11.5 Å². The highest BCUT2D eigenvalue weighted by atomic mass is 16.5. The largest absolute Gasteiger partial charge is 0.497 e. The van der Waals surface area contributed by atoms with Gasteiger partial charge in [-0.05, 0) is 74.4 Å². The van der Waals surface area contributed by atoms with Gasteiger partial charge in [-0.15, -0.1) is 0 Å². The summed E-state index contributed by atoms with van der Waals surface area (Å²) in [5.41, 5.74) is 3.57. The van der Waals surface area contributed by atoms with Crippen LogP contribution in [0.5, 0.6) is 5.75 Å². The van der Waals surface area contributed by atoms with Gasteiger partial charge in [0.25, 0.3) is 0 Å². The van der Waals surface area contributed by atoms with E-state index in [0.717, 1.165) is 37.0 Å². The number of allylic oxidation sites excluding steroid dienone is 2. The molecule has 1 aromatic heterocycles. The molecule has 1 heterocycles. The van der Waals surface area contributed by atoms with Crippen LogP contribution in [0.3, 0.4) is 0 Å². The van der Waals surface area contributed by atoms with Crippen molar-refractivity contribution in [2.75, 3.05) is 7.11 Å². The van der Waals surface area contributed by atoms with E-state index in [-0.39, 0.29) is 11.9 Å². The smallest absolute Gasteiger partial charge is 0.220 e. The molecular formula is C23H30N2O2. The predicted molar refractivity (Wildman–Crippen MR) is 111 cm³/mol. The standard InChI is InChI=1S/C23H30N2O2/c1-18(21-12-14-22(27-3)15-13-21)7-4-11-23(26)25-19(2)8-5-9-20-10-6-16-24-17-20/h6-7,10,12-17,19H,4-5,8-9,11H2,1-3H3,(H,25,26)/b18-7+/t19-/m1/s1. The number of benzene rings is 1. The number of aromatic nitrogens is 1. The van der Waals surface area contributed by atoms with Crippen LogP contribution >= 0.6 is 0 Å². The molecule has 4 heteroatoms. The minimum Gasteiger partial charge on any atom is -0.497 e. The summed E-state index contributed by atoms with van der Waals surface area (Å²) in [6, 6.07) is 12.2. The van der Waals surface area contributed by atoms with Gasteiger partial charge in [0.05, 0.1) is 7.11 Å². The summed E-state index contributed by atoms with van der Waals surface area (Å²) < 4.78 is 5.18. The van der Waals surface area contributed by atoms with Crippen molar-refractivity contribution in [1.82, 2.24) is 10.3 Å². The fourth-order valence-corrected chi connectivity index (χ4v) is 2.97. The maximum atomic E-state index is 12.1. The predicted octanol–water partition coefficient (Wildman–Crippen LogP) is 4.80. The van der Waals surface area contributed by atoms with Gasteiger partial charge in [0, 0.05) is 24.9 Å². The maximum Gasteiger partial charge on any atom is 0.220 e. The summed E-state index contributed by atoms with van der Waals surface area (Å²) in [7, 11) is 1.66. The quantitative estimate of drug-likeness (QED) is 0.657. The number of pyridine rings is 1. The zero-order valence-corrected chi connectivity index (χ0v) is 16.6. The Balaban J connectivity index is 1.66. The number of aryl methyl sites for hydroxylation is 1. The first-order chi connectivity index (χ1) is 13.1. The molecule has 4 nitrogen and oxygen atoms in total. The molecule has 0 bridgehead atoms. The number of methoxy groups -OCH3 is 1. The van der Waals surface area contributed by atoms with E-state index >= 15 is 0 Å². The number of ether oxygens (including phenoxy) is 1. The lowest BCUT2D eigenvalue weighted by Gasteiger charge is -2.13. The van der Waals surface area contributed by atoms with E-state index in [2.05, 4.69) is 36.3 Å². The first-order valence-corrected chi connectivity index (χ1v) is 9.58. The van der Waals surface area contributed by atoms with Crippen molar-refractivity contribution in [3.63, 3.8) is 0 Å². The van der Waals surface area contributed by atoms with E-state index < -0.39 is 0 Å². The van der Waals surface area contributed by atoms with Crippen molar-refractivity contribution in [3.8, 4) is 5.75 Å². The lowest BCUT2D eigenvalue weighted by Crippen LogP contribution is -2.32. The molecule has 0 aliphatic carbocycles. The monoisotopic (exact) mass is 366 g/mol. The highest BCUT2D eigenvalue weighted by molar-refractivity contribution is 5.76. The van der Waals surface area contributed by atoms with Crippen LogP contribution in [0, 0.1) is 0 Å². The summed E-state index contributed by atoms with van der Waals surface area (Å²) in [6.07, 6.45) is 10.1. The van der Waals surface area contributed by atoms with E-state index in [1.165, 1.54) is 11.1 Å². The Bertz CT molecular complexity index is 724. The van der Waals surface area contributed by atoms with Crippen LogP contribution in [-0.2, 0) is 11.2 Å². The Morgan fingerprint density at radius 2 is 2.04 bits per heavy atom. The van der Waals surface area contributed by atoms with Crippen LogP contribution in [0.25, 0.3) is 5.57 Å². The zero-order valence-electron chi connectivity index (χ0n) is 16.6.